The molecule has 2 bridgehead atoms. The second-order valence-electron chi connectivity index (χ2n) is 18.2. The normalized spacial score (nSPS) is 31.1. The molecule has 1 N–H and O–H groups in total. The van der Waals surface area contributed by atoms with Gasteiger partial charge in [0.15, 0.2) is 0 Å². The number of carbonyl (C=O) groups excluding carboxylic acids is 3. The maximum atomic E-state index is 14.8. The molecule has 57 heavy (non-hydrogen) atoms. The zero-order valence-electron chi connectivity index (χ0n) is 34.8. The Bertz CT molecular complexity index is 2020. The summed E-state index contributed by atoms with van der Waals surface area (Å²) in [4.78, 5) is 46.4. The number of fused-ring (bicyclic) bond motifs is 4. The zero-order valence-corrected chi connectivity index (χ0v) is 35.6. The second kappa shape index (κ2) is 16.3. The van der Waals surface area contributed by atoms with E-state index in [2.05, 4.69) is 51.3 Å². The summed E-state index contributed by atoms with van der Waals surface area (Å²) >= 11 is 0. The van der Waals surface area contributed by atoms with Crippen molar-refractivity contribution in [3.8, 4) is 5.75 Å². The van der Waals surface area contributed by atoms with Crippen LogP contribution in [0.1, 0.15) is 93.8 Å². The van der Waals surface area contributed by atoms with E-state index in [0.717, 1.165) is 50.9 Å². The predicted molar refractivity (Wildman–Crippen MR) is 222 cm³/mol. The number of rotatable bonds is 2. The highest BCUT2D eigenvalue weighted by Crippen LogP contribution is 2.47. The first-order valence-corrected chi connectivity index (χ1v) is 22.4. The van der Waals surface area contributed by atoms with Crippen molar-refractivity contribution in [1.82, 2.24) is 14.5 Å². The number of carbonyl (C=O) groups is 3. The number of methoxy groups -OCH3 is 1. The summed E-state index contributed by atoms with van der Waals surface area (Å²) in [7, 11) is -1.83. The lowest BCUT2D eigenvalue weighted by Gasteiger charge is -2.46. The Morgan fingerprint density at radius 1 is 1.07 bits per heavy atom. The molecular formula is C44H61N5O7S. The average Bonchev–Trinajstić information content (AvgIpc) is 3.28. The molecule has 12 nitrogen and oxygen atoms in total. The highest BCUT2D eigenvalue weighted by atomic mass is 32.2. The topological polar surface area (TPSA) is 130 Å². The van der Waals surface area contributed by atoms with E-state index >= 15 is 0 Å². The molecule has 5 aliphatic rings. The number of aryl methyl sites for hydroxylation is 2. The molecule has 1 spiro atoms. The number of urea groups is 1. The van der Waals surface area contributed by atoms with Gasteiger partial charge in [0.05, 0.1) is 24.2 Å². The lowest BCUT2D eigenvalue weighted by molar-refractivity contribution is 0.00552. The third-order valence-corrected chi connectivity index (χ3v) is 14.5. The van der Waals surface area contributed by atoms with Crippen LogP contribution in [-0.4, -0.2) is 102 Å². The Labute approximate surface area is 339 Å². The minimum atomic E-state index is -3.59. The van der Waals surface area contributed by atoms with Gasteiger partial charge in [-0.2, -0.15) is 0 Å². The third-order valence-electron chi connectivity index (χ3n) is 12.5. The molecule has 310 valence electrons. The fourth-order valence-corrected chi connectivity index (χ4v) is 11.3. The Morgan fingerprint density at radius 3 is 2.60 bits per heavy atom. The van der Waals surface area contributed by atoms with Crippen LogP contribution in [0.3, 0.4) is 0 Å². The van der Waals surface area contributed by atoms with Gasteiger partial charge in [-0.3, -0.25) is 9.52 Å². The maximum Gasteiger partial charge on any atom is 0.410 e. The van der Waals surface area contributed by atoms with Gasteiger partial charge in [0.2, 0.25) is 0 Å². The van der Waals surface area contributed by atoms with Gasteiger partial charge in [-0.1, -0.05) is 42.8 Å². The molecule has 3 heterocycles. The van der Waals surface area contributed by atoms with Gasteiger partial charge in [0.1, 0.15) is 21.3 Å². The summed E-state index contributed by atoms with van der Waals surface area (Å²) < 4.78 is 40.2. The van der Waals surface area contributed by atoms with Crippen LogP contribution < -0.4 is 14.4 Å². The Balaban J connectivity index is 1.21. The lowest BCUT2D eigenvalue weighted by atomic mass is 9.68. The number of anilines is 1. The van der Waals surface area contributed by atoms with Crippen LogP contribution in [0.25, 0.3) is 0 Å². The molecule has 2 fully saturated rings. The molecule has 1 saturated carbocycles. The van der Waals surface area contributed by atoms with E-state index in [4.69, 9.17) is 14.2 Å². The smallest absolute Gasteiger partial charge is 0.410 e. The minimum absolute atomic E-state index is 0.0203. The number of piperazine rings is 1. The van der Waals surface area contributed by atoms with Crippen molar-refractivity contribution in [2.24, 2.45) is 22.1 Å². The van der Waals surface area contributed by atoms with Crippen molar-refractivity contribution < 1.29 is 32.8 Å². The molecule has 13 heteroatoms. The van der Waals surface area contributed by atoms with Crippen molar-refractivity contribution in [2.45, 2.75) is 103 Å². The third kappa shape index (κ3) is 8.99. The van der Waals surface area contributed by atoms with Crippen molar-refractivity contribution >= 4 is 33.6 Å². The molecule has 2 aromatic rings. The predicted octanol–water partition coefficient (Wildman–Crippen LogP) is 7.28. The van der Waals surface area contributed by atoms with Crippen LogP contribution in [0.4, 0.5) is 15.3 Å². The van der Waals surface area contributed by atoms with Gasteiger partial charge < -0.3 is 28.9 Å². The SMILES string of the molecule is CO[C@H]1/C=C/C[C@H](C)CS(=O)(NC(=O)N2CCN(C(=O)OC(C)(C)C)[C@H](C)C2)=NC(=O)c2ccc3c(c2)N(C[C@@H]2CC[C@H]21)C[C@@]1(CCCc2cc(C)ccc21)CO3. The van der Waals surface area contributed by atoms with Crippen LogP contribution in [0.2, 0.25) is 0 Å². The molecule has 2 aromatic carbocycles. The van der Waals surface area contributed by atoms with E-state index in [9.17, 15) is 18.6 Å². The van der Waals surface area contributed by atoms with E-state index in [-0.39, 0.29) is 48.9 Å². The summed E-state index contributed by atoms with van der Waals surface area (Å²) in [6, 6.07) is 11.3. The van der Waals surface area contributed by atoms with Crippen LogP contribution >= 0.6 is 0 Å². The quantitative estimate of drug-likeness (QED) is 0.314. The molecule has 7 rings (SSSR count). The van der Waals surface area contributed by atoms with Crippen LogP contribution in [0.15, 0.2) is 52.9 Å². The van der Waals surface area contributed by atoms with Crippen molar-refractivity contribution in [2.75, 3.05) is 57.1 Å². The number of ether oxygens (including phenoxy) is 3. The monoisotopic (exact) mass is 803 g/mol. The summed E-state index contributed by atoms with van der Waals surface area (Å²) in [6.45, 7) is 14.1. The van der Waals surface area contributed by atoms with Gasteiger partial charge in [0.25, 0.3) is 5.91 Å². The number of nitrogens with zero attached hydrogens (tertiary/aromatic N) is 4. The van der Waals surface area contributed by atoms with Gasteiger partial charge >= 0.3 is 12.1 Å². The van der Waals surface area contributed by atoms with Gasteiger partial charge in [-0.05, 0) is 120 Å². The number of hydrogen-bond donors (Lipinski definition) is 1. The van der Waals surface area contributed by atoms with Gasteiger partial charge in [-0.15, -0.1) is 4.36 Å². The van der Waals surface area contributed by atoms with Crippen LogP contribution in [0.5, 0.6) is 5.75 Å². The molecule has 7 atom stereocenters. The molecule has 1 unspecified atom stereocenters. The summed E-state index contributed by atoms with van der Waals surface area (Å²) in [5.74, 6) is 0.588. The number of allylic oxidation sites excluding steroid dienone is 1. The first kappa shape index (κ1) is 41.1. The van der Waals surface area contributed by atoms with Gasteiger partial charge in [-0.25, -0.2) is 13.8 Å². The minimum Gasteiger partial charge on any atom is -0.490 e. The summed E-state index contributed by atoms with van der Waals surface area (Å²) in [5, 5.41) is 0. The van der Waals surface area contributed by atoms with E-state index in [1.54, 1.807) is 18.1 Å². The summed E-state index contributed by atoms with van der Waals surface area (Å²) in [6.07, 6.45) is 9.56. The Morgan fingerprint density at radius 2 is 1.88 bits per heavy atom. The van der Waals surface area contributed by atoms with E-state index in [1.807, 2.05) is 46.8 Å². The van der Waals surface area contributed by atoms with Crippen LogP contribution in [0, 0.1) is 24.7 Å². The van der Waals surface area contributed by atoms with Gasteiger partial charge in [0, 0.05) is 56.9 Å². The fourth-order valence-electron chi connectivity index (χ4n) is 9.46. The number of benzene rings is 2. The molecule has 4 amide bonds. The molecule has 3 aliphatic heterocycles. The van der Waals surface area contributed by atoms with Crippen molar-refractivity contribution in [1.29, 1.82) is 0 Å². The largest absolute Gasteiger partial charge is 0.490 e. The number of amides is 4. The van der Waals surface area contributed by atoms with Crippen molar-refractivity contribution in [3.05, 3.63) is 70.8 Å². The van der Waals surface area contributed by atoms with Crippen LogP contribution in [-0.2, 0) is 31.2 Å². The second-order valence-corrected chi connectivity index (χ2v) is 20.2. The molecule has 0 aromatic heterocycles. The van der Waals surface area contributed by atoms with E-state index in [1.165, 1.54) is 21.6 Å². The molecular weight excluding hydrogens is 743 g/mol. The van der Waals surface area contributed by atoms with Crippen molar-refractivity contribution in [3.63, 3.8) is 0 Å². The Kier molecular flexibility index (Phi) is 11.7. The molecule has 0 radical (unpaired) electrons. The van der Waals surface area contributed by atoms with E-state index in [0.29, 0.717) is 36.2 Å². The fraction of sp³-hybridized carbons (Fsp3) is 0.614. The molecule has 2 aliphatic carbocycles. The highest BCUT2D eigenvalue weighted by molar-refractivity contribution is 7.92. The Hall–Kier alpha value is -4.10. The highest BCUT2D eigenvalue weighted by Gasteiger charge is 2.44. The summed E-state index contributed by atoms with van der Waals surface area (Å²) in [5.41, 5.74) is 4.24. The average molecular weight is 804 g/mol. The maximum absolute atomic E-state index is 14.8. The first-order chi connectivity index (χ1) is 27.0. The molecule has 1 saturated heterocycles. The number of hydrogen-bond acceptors (Lipinski definition) is 8. The standard InChI is InChI=1S/C44H61N5O7S/c1-29-13-17-36-32(22-29)11-9-19-44(36)27-48-25-34-14-16-35(34)38(54-7)12-8-10-30(2)26-57(53,45-40(50)33-15-18-39(55-28-44)37(48)23-33)46-41(51)47-20-21-49(31(3)24-47)42(52)56-43(4,5)6/h8,12-13,15,17-18,22-23,30-31,34-35,38H,9-11,14,16,19-21,24-28H2,1-7H3,(H,45,46,50,51,53)/b12-8+/t30-,31+,34-,35+,38-,44-,57?/m0/s1. The zero-order chi connectivity index (χ0) is 40.7. The lowest BCUT2D eigenvalue weighted by Crippen LogP contribution is -2.58. The first-order valence-electron chi connectivity index (χ1n) is 20.7. The van der Waals surface area contributed by atoms with E-state index < -0.39 is 33.5 Å². The number of nitrogens with one attached hydrogen (secondary N) is 1.